The van der Waals surface area contributed by atoms with Crippen molar-refractivity contribution >= 4 is 39.2 Å². The van der Waals surface area contributed by atoms with Crippen LogP contribution in [0, 0.1) is 0 Å². The van der Waals surface area contributed by atoms with Crippen molar-refractivity contribution in [3.05, 3.63) is 64.1 Å². The SMILES string of the molecule is NC(=O)CN1C(=O)[C@](O)(CC(=O)c2ccc(Br)cc2)c2ccccc21. The summed E-state index contributed by atoms with van der Waals surface area (Å²) in [6.45, 7) is -0.357. The van der Waals surface area contributed by atoms with Crippen molar-refractivity contribution in [3.8, 4) is 0 Å². The smallest absolute Gasteiger partial charge is 0.264 e. The van der Waals surface area contributed by atoms with Gasteiger partial charge in [-0.25, -0.2) is 0 Å². The van der Waals surface area contributed by atoms with E-state index in [4.69, 9.17) is 5.73 Å². The number of benzene rings is 2. The van der Waals surface area contributed by atoms with Crippen molar-refractivity contribution in [3.63, 3.8) is 0 Å². The summed E-state index contributed by atoms with van der Waals surface area (Å²) < 4.78 is 0.817. The van der Waals surface area contributed by atoms with Gasteiger partial charge in [-0.15, -0.1) is 0 Å². The van der Waals surface area contributed by atoms with Gasteiger partial charge in [-0.2, -0.15) is 0 Å². The maximum atomic E-state index is 12.7. The molecule has 0 spiro atoms. The normalized spacial score (nSPS) is 19.0. The fourth-order valence-corrected chi connectivity index (χ4v) is 3.22. The van der Waals surface area contributed by atoms with Gasteiger partial charge in [0.2, 0.25) is 5.91 Å². The number of halogens is 1. The maximum Gasteiger partial charge on any atom is 0.264 e. The molecule has 3 rings (SSSR count). The number of hydrogen-bond acceptors (Lipinski definition) is 4. The Hall–Kier alpha value is -2.51. The second-order valence-electron chi connectivity index (χ2n) is 5.84. The predicted octanol–water partition coefficient (Wildman–Crippen LogP) is 1.74. The van der Waals surface area contributed by atoms with Crippen LogP contribution in [0.2, 0.25) is 0 Å². The van der Waals surface area contributed by atoms with Crippen molar-refractivity contribution in [2.75, 3.05) is 11.4 Å². The molecule has 7 heteroatoms. The van der Waals surface area contributed by atoms with Gasteiger partial charge in [-0.3, -0.25) is 19.3 Å². The number of primary amides is 1. The molecule has 2 aromatic carbocycles. The van der Waals surface area contributed by atoms with Crippen molar-refractivity contribution in [2.45, 2.75) is 12.0 Å². The molecule has 3 N–H and O–H groups in total. The highest BCUT2D eigenvalue weighted by Crippen LogP contribution is 2.42. The summed E-state index contributed by atoms with van der Waals surface area (Å²) in [6.07, 6.45) is -0.417. The summed E-state index contributed by atoms with van der Waals surface area (Å²) in [7, 11) is 0. The molecule has 1 heterocycles. The standard InChI is InChI=1S/C18H15BrN2O4/c19-12-7-5-11(6-8-12)15(22)9-18(25)13-3-1-2-4-14(13)21(17(18)24)10-16(20)23/h1-8,25H,9-10H2,(H2,20,23)/t18-/m0/s1. The number of carbonyl (C=O) groups is 3. The van der Waals surface area contributed by atoms with E-state index in [1.165, 1.54) is 0 Å². The van der Waals surface area contributed by atoms with E-state index in [2.05, 4.69) is 15.9 Å². The molecule has 1 aliphatic heterocycles. The first-order valence-corrected chi connectivity index (χ1v) is 8.33. The van der Waals surface area contributed by atoms with Crippen LogP contribution in [0.25, 0.3) is 0 Å². The molecular formula is C18H15BrN2O4. The number of nitrogens with zero attached hydrogens (tertiary/aromatic N) is 1. The number of anilines is 1. The molecular weight excluding hydrogens is 388 g/mol. The molecule has 2 amide bonds. The number of amides is 2. The lowest BCUT2D eigenvalue weighted by Gasteiger charge is -2.22. The van der Waals surface area contributed by atoms with Gasteiger partial charge in [-0.1, -0.05) is 46.3 Å². The third-order valence-corrected chi connectivity index (χ3v) is 4.66. The van der Waals surface area contributed by atoms with Crippen LogP contribution >= 0.6 is 15.9 Å². The number of aliphatic hydroxyl groups is 1. The average molecular weight is 403 g/mol. The van der Waals surface area contributed by atoms with E-state index in [1.807, 2.05) is 0 Å². The first-order chi connectivity index (χ1) is 11.8. The molecule has 0 bridgehead atoms. The topological polar surface area (TPSA) is 101 Å². The van der Waals surface area contributed by atoms with E-state index >= 15 is 0 Å². The number of para-hydroxylation sites is 1. The number of ketones is 1. The molecule has 0 aromatic heterocycles. The van der Waals surface area contributed by atoms with E-state index in [0.717, 1.165) is 9.37 Å². The molecule has 128 valence electrons. The average Bonchev–Trinajstić information content (AvgIpc) is 2.77. The Morgan fingerprint density at radius 3 is 2.40 bits per heavy atom. The molecule has 1 aliphatic rings. The third-order valence-electron chi connectivity index (χ3n) is 4.14. The summed E-state index contributed by atoms with van der Waals surface area (Å²) in [5.74, 6) is -1.80. The van der Waals surface area contributed by atoms with Gasteiger partial charge in [0.25, 0.3) is 5.91 Å². The number of Topliss-reactive ketones (excluding diaryl/α,β-unsaturated/α-hetero) is 1. The highest BCUT2D eigenvalue weighted by atomic mass is 79.9. The summed E-state index contributed by atoms with van der Waals surface area (Å²) in [5.41, 5.74) is 4.25. The minimum Gasteiger partial charge on any atom is -0.375 e. The van der Waals surface area contributed by atoms with E-state index in [-0.39, 0.29) is 12.3 Å². The molecule has 6 nitrogen and oxygen atoms in total. The van der Waals surface area contributed by atoms with Crippen LogP contribution in [-0.2, 0) is 15.2 Å². The minimum atomic E-state index is -2.02. The van der Waals surface area contributed by atoms with E-state index in [1.54, 1.807) is 48.5 Å². The van der Waals surface area contributed by atoms with Crippen molar-refractivity contribution in [2.24, 2.45) is 5.73 Å². The Balaban J connectivity index is 1.96. The number of hydrogen-bond donors (Lipinski definition) is 2. The van der Waals surface area contributed by atoms with Crippen molar-refractivity contribution < 1.29 is 19.5 Å². The van der Waals surface area contributed by atoms with Crippen LogP contribution in [0.5, 0.6) is 0 Å². The summed E-state index contributed by atoms with van der Waals surface area (Å²) in [4.78, 5) is 37.7. The summed E-state index contributed by atoms with van der Waals surface area (Å²) >= 11 is 3.29. The number of rotatable bonds is 5. The number of carbonyl (C=O) groups excluding carboxylic acids is 3. The fourth-order valence-electron chi connectivity index (χ4n) is 2.96. The van der Waals surface area contributed by atoms with Crippen molar-refractivity contribution in [1.29, 1.82) is 0 Å². The maximum absolute atomic E-state index is 12.7. The lowest BCUT2D eigenvalue weighted by molar-refractivity contribution is -0.136. The van der Waals surface area contributed by atoms with Crippen LogP contribution in [0.3, 0.4) is 0 Å². The Morgan fingerprint density at radius 1 is 1.12 bits per heavy atom. The molecule has 0 unspecified atom stereocenters. The second-order valence-corrected chi connectivity index (χ2v) is 6.76. The molecule has 0 radical (unpaired) electrons. The number of fused-ring (bicyclic) bond motifs is 1. The van der Waals surface area contributed by atoms with Gasteiger partial charge in [0.05, 0.1) is 12.1 Å². The zero-order valence-corrected chi connectivity index (χ0v) is 14.7. The van der Waals surface area contributed by atoms with Crippen LogP contribution in [0.15, 0.2) is 53.0 Å². The van der Waals surface area contributed by atoms with Gasteiger partial charge in [0.15, 0.2) is 11.4 Å². The molecule has 0 fully saturated rings. The molecule has 2 aromatic rings. The summed E-state index contributed by atoms with van der Waals surface area (Å²) in [6, 6.07) is 13.2. The van der Waals surface area contributed by atoms with Gasteiger partial charge < -0.3 is 10.8 Å². The van der Waals surface area contributed by atoms with E-state index < -0.39 is 23.8 Å². The lowest BCUT2D eigenvalue weighted by atomic mass is 9.88. The third kappa shape index (κ3) is 3.08. The largest absolute Gasteiger partial charge is 0.375 e. The fraction of sp³-hybridized carbons (Fsp3) is 0.167. The van der Waals surface area contributed by atoms with E-state index in [0.29, 0.717) is 16.8 Å². The van der Waals surface area contributed by atoms with Crippen LogP contribution < -0.4 is 10.6 Å². The molecule has 0 saturated carbocycles. The summed E-state index contributed by atoms with van der Waals surface area (Å²) in [5, 5.41) is 11.0. The van der Waals surface area contributed by atoms with Gasteiger partial charge in [0, 0.05) is 15.6 Å². The monoisotopic (exact) mass is 402 g/mol. The molecule has 0 saturated heterocycles. The first-order valence-electron chi connectivity index (χ1n) is 7.54. The zero-order valence-electron chi connectivity index (χ0n) is 13.1. The Kier molecular flexibility index (Phi) is 4.45. The van der Waals surface area contributed by atoms with Gasteiger partial charge in [0.1, 0.15) is 6.54 Å². The van der Waals surface area contributed by atoms with Gasteiger partial charge in [-0.05, 0) is 18.2 Å². The van der Waals surface area contributed by atoms with Crippen molar-refractivity contribution in [1.82, 2.24) is 0 Å². The van der Waals surface area contributed by atoms with Crippen LogP contribution in [0.1, 0.15) is 22.3 Å². The molecule has 25 heavy (non-hydrogen) atoms. The number of nitrogens with two attached hydrogens (primary N) is 1. The van der Waals surface area contributed by atoms with Crippen LogP contribution in [0.4, 0.5) is 5.69 Å². The lowest BCUT2D eigenvalue weighted by Crippen LogP contribution is -2.44. The Bertz CT molecular complexity index is 866. The first kappa shape index (κ1) is 17.3. The van der Waals surface area contributed by atoms with Crippen LogP contribution in [-0.4, -0.2) is 29.2 Å². The van der Waals surface area contributed by atoms with Gasteiger partial charge >= 0.3 is 0 Å². The minimum absolute atomic E-state index is 0.298. The quantitative estimate of drug-likeness (QED) is 0.743. The predicted molar refractivity (Wildman–Crippen MR) is 95.0 cm³/mol. The zero-order chi connectivity index (χ0) is 18.2. The Labute approximate surface area is 152 Å². The van der Waals surface area contributed by atoms with E-state index in [9.17, 15) is 19.5 Å². The highest BCUT2D eigenvalue weighted by Gasteiger charge is 2.51. The Morgan fingerprint density at radius 2 is 1.76 bits per heavy atom. The highest BCUT2D eigenvalue weighted by molar-refractivity contribution is 9.10. The second kappa shape index (κ2) is 6.42. The molecule has 1 atom stereocenters. The molecule has 0 aliphatic carbocycles.